The molecule has 0 aliphatic rings. The summed E-state index contributed by atoms with van der Waals surface area (Å²) in [6, 6.07) is 15.3. The standard InChI is InChI=1S/C19H13F3N4O2S/c20-19(21,22)28-16-5-1-15(2-6-16)26-18(27)12-29-17-7-3-14(4-8-17)25-11-13(9-23)10-24/h1-8,11,25H,12H2,(H,26,27). The van der Waals surface area contributed by atoms with Gasteiger partial charge in [-0.15, -0.1) is 24.9 Å². The minimum absolute atomic E-state index is 0.0573. The van der Waals surface area contributed by atoms with Crippen LogP contribution >= 0.6 is 11.8 Å². The number of thioether (sulfide) groups is 1. The van der Waals surface area contributed by atoms with Gasteiger partial charge in [-0.2, -0.15) is 10.5 Å². The van der Waals surface area contributed by atoms with Crippen LogP contribution in [0.2, 0.25) is 0 Å². The van der Waals surface area contributed by atoms with E-state index >= 15 is 0 Å². The van der Waals surface area contributed by atoms with Crippen molar-refractivity contribution in [3.63, 3.8) is 0 Å². The zero-order chi connectivity index (χ0) is 21.3. The number of anilines is 2. The molecule has 2 aromatic rings. The van der Waals surface area contributed by atoms with Crippen molar-refractivity contribution < 1.29 is 22.7 Å². The van der Waals surface area contributed by atoms with E-state index in [1.807, 2.05) is 0 Å². The molecule has 0 spiro atoms. The first kappa shape index (κ1) is 21.7. The number of nitrogens with one attached hydrogen (secondary N) is 2. The molecule has 2 rings (SSSR count). The number of nitriles is 2. The largest absolute Gasteiger partial charge is 0.573 e. The van der Waals surface area contributed by atoms with E-state index in [1.54, 1.807) is 36.4 Å². The summed E-state index contributed by atoms with van der Waals surface area (Å²) < 4.78 is 40.1. The second kappa shape index (κ2) is 10.1. The maximum absolute atomic E-state index is 12.1. The van der Waals surface area contributed by atoms with Crippen LogP contribution in [0.3, 0.4) is 0 Å². The summed E-state index contributed by atoms with van der Waals surface area (Å²) in [4.78, 5) is 12.8. The van der Waals surface area contributed by atoms with Gasteiger partial charge in [0.25, 0.3) is 0 Å². The highest BCUT2D eigenvalue weighted by atomic mass is 32.2. The van der Waals surface area contributed by atoms with Gasteiger partial charge < -0.3 is 15.4 Å². The Bertz CT molecular complexity index is 943. The highest BCUT2D eigenvalue weighted by Crippen LogP contribution is 2.24. The molecule has 0 fully saturated rings. The second-order valence-electron chi connectivity index (χ2n) is 5.36. The summed E-state index contributed by atoms with van der Waals surface area (Å²) >= 11 is 1.27. The highest BCUT2D eigenvalue weighted by molar-refractivity contribution is 8.00. The minimum atomic E-state index is -4.77. The highest BCUT2D eigenvalue weighted by Gasteiger charge is 2.30. The minimum Gasteiger partial charge on any atom is -0.406 e. The van der Waals surface area contributed by atoms with Crippen LogP contribution in [0.25, 0.3) is 0 Å². The third kappa shape index (κ3) is 7.87. The van der Waals surface area contributed by atoms with Crippen LogP contribution in [0.4, 0.5) is 24.5 Å². The van der Waals surface area contributed by atoms with Gasteiger partial charge in [0.05, 0.1) is 5.75 Å². The Labute approximate surface area is 168 Å². The predicted octanol–water partition coefficient (Wildman–Crippen LogP) is 4.66. The Morgan fingerprint density at radius 1 is 1.03 bits per heavy atom. The van der Waals surface area contributed by atoms with Crippen molar-refractivity contribution in [3.05, 3.63) is 60.3 Å². The van der Waals surface area contributed by atoms with Crippen molar-refractivity contribution in [2.24, 2.45) is 0 Å². The zero-order valence-corrected chi connectivity index (χ0v) is 15.5. The van der Waals surface area contributed by atoms with Crippen LogP contribution in [0.1, 0.15) is 0 Å². The van der Waals surface area contributed by atoms with E-state index in [0.717, 1.165) is 17.0 Å². The molecule has 0 aliphatic heterocycles. The summed E-state index contributed by atoms with van der Waals surface area (Å²) in [6.45, 7) is 0. The number of carbonyl (C=O) groups is 1. The molecule has 0 heterocycles. The third-order valence-electron chi connectivity index (χ3n) is 3.22. The fraction of sp³-hybridized carbons (Fsp3) is 0.105. The van der Waals surface area contributed by atoms with E-state index in [-0.39, 0.29) is 23.0 Å². The number of benzene rings is 2. The molecular weight excluding hydrogens is 405 g/mol. The van der Waals surface area contributed by atoms with Crippen LogP contribution in [0.15, 0.2) is 65.2 Å². The van der Waals surface area contributed by atoms with Gasteiger partial charge in [-0.05, 0) is 48.5 Å². The number of nitrogens with zero attached hydrogens (tertiary/aromatic N) is 2. The number of amides is 1. The van der Waals surface area contributed by atoms with Gasteiger partial charge in [0.1, 0.15) is 23.5 Å². The summed E-state index contributed by atoms with van der Waals surface area (Å²) in [5.41, 5.74) is 0.961. The SMILES string of the molecule is N#CC(C#N)=CNc1ccc(SCC(=O)Nc2ccc(OC(F)(F)F)cc2)cc1. The van der Waals surface area contributed by atoms with E-state index in [9.17, 15) is 18.0 Å². The fourth-order valence-electron chi connectivity index (χ4n) is 1.98. The number of halogens is 3. The molecule has 0 saturated heterocycles. The van der Waals surface area contributed by atoms with Gasteiger partial charge in [-0.1, -0.05) is 0 Å². The molecule has 0 atom stereocenters. The monoisotopic (exact) mass is 418 g/mol. The summed E-state index contributed by atoms with van der Waals surface area (Å²) in [5, 5.41) is 22.7. The number of alkyl halides is 3. The topological polar surface area (TPSA) is 97.9 Å². The van der Waals surface area contributed by atoms with Gasteiger partial charge in [0.2, 0.25) is 5.91 Å². The third-order valence-corrected chi connectivity index (χ3v) is 4.23. The van der Waals surface area contributed by atoms with Crippen LogP contribution in [0, 0.1) is 22.7 Å². The average Bonchev–Trinajstić information content (AvgIpc) is 2.68. The Balaban J connectivity index is 1.82. The van der Waals surface area contributed by atoms with Crippen LogP contribution in [0.5, 0.6) is 5.75 Å². The quantitative estimate of drug-likeness (QED) is 0.501. The van der Waals surface area contributed by atoms with Gasteiger partial charge in [-0.3, -0.25) is 4.79 Å². The molecule has 0 bridgehead atoms. The van der Waals surface area contributed by atoms with Crippen molar-refractivity contribution in [2.75, 3.05) is 16.4 Å². The van der Waals surface area contributed by atoms with Crippen molar-refractivity contribution in [1.29, 1.82) is 10.5 Å². The maximum Gasteiger partial charge on any atom is 0.573 e. The smallest absolute Gasteiger partial charge is 0.406 e. The summed E-state index contributed by atoms with van der Waals surface area (Å²) in [7, 11) is 0. The molecule has 0 radical (unpaired) electrons. The number of hydrogen-bond acceptors (Lipinski definition) is 6. The molecule has 10 heteroatoms. The molecule has 1 amide bonds. The number of ether oxygens (including phenoxy) is 1. The number of hydrogen-bond donors (Lipinski definition) is 2. The first-order valence-corrected chi connectivity index (χ1v) is 8.93. The van der Waals surface area contributed by atoms with Crippen molar-refractivity contribution in [1.82, 2.24) is 0 Å². The zero-order valence-electron chi connectivity index (χ0n) is 14.7. The Kier molecular flexibility index (Phi) is 7.52. The molecule has 0 unspecified atom stereocenters. The number of rotatable bonds is 7. The lowest BCUT2D eigenvalue weighted by Gasteiger charge is -2.10. The molecular formula is C19H13F3N4O2S. The molecule has 148 valence electrons. The van der Waals surface area contributed by atoms with Crippen LogP contribution < -0.4 is 15.4 Å². The van der Waals surface area contributed by atoms with E-state index in [2.05, 4.69) is 15.4 Å². The molecule has 29 heavy (non-hydrogen) atoms. The molecule has 6 nitrogen and oxygen atoms in total. The average molecular weight is 418 g/mol. The van der Waals surface area contributed by atoms with E-state index in [4.69, 9.17) is 10.5 Å². The Morgan fingerprint density at radius 3 is 2.17 bits per heavy atom. The molecule has 0 saturated carbocycles. The molecule has 0 aromatic heterocycles. The van der Waals surface area contributed by atoms with Crippen LogP contribution in [-0.4, -0.2) is 18.0 Å². The fourth-order valence-corrected chi connectivity index (χ4v) is 2.68. The summed E-state index contributed by atoms with van der Waals surface area (Å²) in [5.74, 6) is -0.595. The lowest BCUT2D eigenvalue weighted by Crippen LogP contribution is -2.17. The van der Waals surface area contributed by atoms with Crippen molar-refractivity contribution in [2.45, 2.75) is 11.3 Å². The normalized spacial score (nSPS) is 10.2. The van der Waals surface area contributed by atoms with Crippen molar-refractivity contribution in [3.8, 4) is 17.9 Å². The lowest BCUT2D eigenvalue weighted by atomic mass is 10.3. The van der Waals surface area contributed by atoms with Crippen LogP contribution in [-0.2, 0) is 4.79 Å². The number of allylic oxidation sites excluding steroid dienone is 1. The maximum atomic E-state index is 12.1. The Morgan fingerprint density at radius 2 is 1.62 bits per heavy atom. The van der Waals surface area contributed by atoms with E-state index in [0.29, 0.717) is 11.4 Å². The van der Waals surface area contributed by atoms with Gasteiger partial charge in [0, 0.05) is 22.5 Å². The Hall–Kier alpha value is -3.63. The first-order valence-electron chi connectivity index (χ1n) is 7.94. The predicted molar refractivity (Wildman–Crippen MR) is 102 cm³/mol. The van der Waals surface area contributed by atoms with Gasteiger partial charge in [0.15, 0.2) is 0 Å². The molecule has 0 aliphatic carbocycles. The molecule has 2 N–H and O–H groups in total. The van der Waals surface area contributed by atoms with E-state index in [1.165, 1.54) is 30.1 Å². The van der Waals surface area contributed by atoms with Gasteiger partial charge >= 0.3 is 6.36 Å². The lowest BCUT2D eigenvalue weighted by molar-refractivity contribution is -0.274. The number of carbonyl (C=O) groups excluding carboxylic acids is 1. The second-order valence-corrected chi connectivity index (χ2v) is 6.41. The molecule has 2 aromatic carbocycles. The van der Waals surface area contributed by atoms with Crippen molar-refractivity contribution >= 4 is 29.0 Å². The summed E-state index contributed by atoms with van der Waals surface area (Å²) in [6.07, 6.45) is -3.48. The first-order chi connectivity index (χ1) is 13.8. The van der Waals surface area contributed by atoms with E-state index < -0.39 is 6.36 Å². The van der Waals surface area contributed by atoms with Gasteiger partial charge in [-0.25, -0.2) is 0 Å².